The predicted molar refractivity (Wildman–Crippen MR) is 79.7 cm³/mol. The smallest absolute Gasteiger partial charge is 0.149 e. The fourth-order valence-corrected chi connectivity index (χ4v) is 2.68. The molecule has 0 aliphatic heterocycles. The third-order valence-corrected chi connectivity index (χ3v) is 3.52. The van der Waals surface area contributed by atoms with E-state index in [4.69, 9.17) is 17.3 Å². The van der Waals surface area contributed by atoms with Crippen LogP contribution in [0.5, 0.6) is 0 Å². The molecule has 1 aromatic carbocycles. The number of nitrogens with one attached hydrogen (secondary N) is 1. The normalized spacial score (nSPS) is 11.2. The van der Waals surface area contributed by atoms with E-state index in [2.05, 4.69) is 40.0 Å². The van der Waals surface area contributed by atoms with Gasteiger partial charge in [0.1, 0.15) is 5.82 Å². The van der Waals surface area contributed by atoms with E-state index in [-0.39, 0.29) is 0 Å². The highest BCUT2D eigenvalue weighted by molar-refractivity contribution is 9.10. The van der Waals surface area contributed by atoms with Gasteiger partial charge < -0.3 is 5.73 Å². The summed E-state index contributed by atoms with van der Waals surface area (Å²) in [5, 5.41) is 7.75. The Balaban J connectivity index is 2.50. The summed E-state index contributed by atoms with van der Waals surface area (Å²) in [6, 6.07) is 5.79. The van der Waals surface area contributed by atoms with Crippen LogP contribution in [0.3, 0.4) is 0 Å². The van der Waals surface area contributed by atoms with Crippen LogP contribution in [-0.2, 0) is 6.42 Å². The van der Waals surface area contributed by atoms with E-state index < -0.39 is 0 Å². The van der Waals surface area contributed by atoms with E-state index in [9.17, 15) is 0 Å². The maximum absolute atomic E-state index is 6.26. The van der Waals surface area contributed by atoms with Gasteiger partial charge in [0.25, 0.3) is 0 Å². The van der Waals surface area contributed by atoms with Crippen LogP contribution in [0.15, 0.2) is 22.7 Å². The summed E-state index contributed by atoms with van der Waals surface area (Å²) in [6.07, 6.45) is 0.879. The van der Waals surface area contributed by atoms with E-state index in [1.54, 1.807) is 0 Å². The number of benzene rings is 1. The highest BCUT2D eigenvalue weighted by atomic mass is 79.9. The first-order valence-corrected chi connectivity index (χ1v) is 6.94. The molecule has 0 saturated carbocycles. The molecular formula is C13H15BrClN3. The predicted octanol–water partition coefficient (Wildman–Crippen LogP) is 4.27. The number of nitrogens with two attached hydrogens (primary N) is 1. The first kappa shape index (κ1) is 13.4. The third kappa shape index (κ3) is 2.70. The Hall–Kier alpha value is -1.000. The van der Waals surface area contributed by atoms with Crippen molar-refractivity contribution in [3.63, 3.8) is 0 Å². The van der Waals surface area contributed by atoms with Gasteiger partial charge in [0.05, 0.1) is 10.7 Å². The lowest BCUT2D eigenvalue weighted by atomic mass is 9.99. The molecule has 0 amide bonds. The van der Waals surface area contributed by atoms with Crippen molar-refractivity contribution in [2.45, 2.75) is 20.3 Å². The molecule has 1 heterocycles. The van der Waals surface area contributed by atoms with Crippen LogP contribution < -0.4 is 5.73 Å². The minimum absolute atomic E-state index is 0.512. The number of nitrogen functional groups attached to an aromatic ring is 1. The van der Waals surface area contributed by atoms with Gasteiger partial charge in [-0.1, -0.05) is 47.4 Å². The molecule has 0 atom stereocenters. The average molecular weight is 329 g/mol. The summed E-state index contributed by atoms with van der Waals surface area (Å²) in [4.78, 5) is 0. The molecule has 0 spiro atoms. The summed E-state index contributed by atoms with van der Waals surface area (Å²) in [6.45, 7) is 4.30. The second-order valence-corrected chi connectivity index (χ2v) is 6.01. The molecule has 0 fully saturated rings. The standard InChI is InChI=1S/C13H15BrClN3/c1-7(2)5-10-12(17-18-13(10)16)9-4-3-8(14)6-11(9)15/h3-4,6-7H,5H2,1-2H3,(H3,16,17,18). The summed E-state index contributed by atoms with van der Waals surface area (Å²) >= 11 is 9.66. The lowest BCUT2D eigenvalue weighted by Gasteiger charge is -2.08. The van der Waals surface area contributed by atoms with Gasteiger partial charge >= 0.3 is 0 Å². The van der Waals surface area contributed by atoms with Crippen LogP contribution in [0.2, 0.25) is 5.02 Å². The number of hydrogen-bond acceptors (Lipinski definition) is 2. The largest absolute Gasteiger partial charge is 0.382 e. The van der Waals surface area contributed by atoms with Gasteiger partial charge in [0.15, 0.2) is 0 Å². The Morgan fingerprint density at radius 1 is 1.44 bits per heavy atom. The van der Waals surface area contributed by atoms with Crippen molar-refractivity contribution in [3.8, 4) is 11.3 Å². The number of hydrogen-bond donors (Lipinski definition) is 2. The van der Waals surface area contributed by atoms with Crippen molar-refractivity contribution in [2.24, 2.45) is 5.92 Å². The molecule has 5 heteroatoms. The van der Waals surface area contributed by atoms with Crippen molar-refractivity contribution in [2.75, 3.05) is 5.73 Å². The number of aromatic nitrogens is 2. The fraction of sp³-hybridized carbons (Fsp3) is 0.308. The Morgan fingerprint density at radius 2 is 2.17 bits per heavy atom. The van der Waals surface area contributed by atoms with E-state index in [1.165, 1.54) is 0 Å². The fourth-order valence-electron chi connectivity index (χ4n) is 1.91. The third-order valence-electron chi connectivity index (χ3n) is 2.71. The van der Waals surface area contributed by atoms with E-state index in [0.717, 1.165) is 27.7 Å². The van der Waals surface area contributed by atoms with E-state index in [1.807, 2.05) is 18.2 Å². The molecule has 3 nitrogen and oxygen atoms in total. The minimum Gasteiger partial charge on any atom is -0.382 e. The number of nitrogens with zero attached hydrogens (tertiary/aromatic N) is 1. The van der Waals surface area contributed by atoms with E-state index >= 15 is 0 Å². The molecule has 0 aliphatic rings. The zero-order chi connectivity index (χ0) is 13.3. The maximum Gasteiger partial charge on any atom is 0.149 e. The van der Waals surface area contributed by atoms with Crippen molar-refractivity contribution in [1.29, 1.82) is 0 Å². The lowest BCUT2D eigenvalue weighted by Crippen LogP contribution is -1.99. The van der Waals surface area contributed by atoms with Crippen molar-refractivity contribution in [3.05, 3.63) is 33.3 Å². The lowest BCUT2D eigenvalue weighted by molar-refractivity contribution is 0.649. The molecule has 0 aliphatic carbocycles. The summed E-state index contributed by atoms with van der Waals surface area (Å²) in [7, 11) is 0. The van der Waals surface area contributed by atoms with Gasteiger partial charge in [-0.2, -0.15) is 5.10 Å². The first-order chi connectivity index (χ1) is 8.49. The number of aromatic amines is 1. The molecule has 3 N–H and O–H groups in total. The van der Waals surface area contributed by atoms with Crippen LogP contribution in [0.4, 0.5) is 5.82 Å². The topological polar surface area (TPSA) is 54.7 Å². The molecule has 2 aromatic rings. The van der Waals surface area contributed by atoms with Crippen molar-refractivity contribution >= 4 is 33.3 Å². The van der Waals surface area contributed by atoms with Gasteiger partial charge in [-0.05, 0) is 24.5 Å². The number of H-pyrrole nitrogens is 1. The van der Waals surface area contributed by atoms with Crippen molar-refractivity contribution < 1.29 is 0 Å². The molecule has 2 rings (SSSR count). The van der Waals surface area contributed by atoms with Crippen LogP contribution >= 0.6 is 27.5 Å². The Bertz CT molecular complexity index is 563. The van der Waals surface area contributed by atoms with Gasteiger partial charge in [0, 0.05) is 15.6 Å². The van der Waals surface area contributed by atoms with Crippen molar-refractivity contribution in [1.82, 2.24) is 10.2 Å². The Labute approximate surface area is 120 Å². The highest BCUT2D eigenvalue weighted by Crippen LogP contribution is 2.34. The zero-order valence-electron chi connectivity index (χ0n) is 10.3. The van der Waals surface area contributed by atoms with Gasteiger partial charge in [-0.15, -0.1) is 0 Å². The van der Waals surface area contributed by atoms with Gasteiger partial charge in [-0.3, -0.25) is 5.10 Å². The number of anilines is 1. The monoisotopic (exact) mass is 327 g/mol. The Morgan fingerprint density at radius 3 is 2.78 bits per heavy atom. The molecular weight excluding hydrogens is 314 g/mol. The Kier molecular flexibility index (Phi) is 3.97. The molecule has 96 valence electrons. The highest BCUT2D eigenvalue weighted by Gasteiger charge is 2.16. The second-order valence-electron chi connectivity index (χ2n) is 4.68. The van der Waals surface area contributed by atoms with Gasteiger partial charge in [0.2, 0.25) is 0 Å². The number of halogens is 2. The van der Waals surface area contributed by atoms with Gasteiger partial charge in [-0.25, -0.2) is 0 Å². The quantitative estimate of drug-likeness (QED) is 0.884. The molecule has 0 saturated heterocycles. The maximum atomic E-state index is 6.26. The van der Waals surface area contributed by atoms with E-state index in [0.29, 0.717) is 16.8 Å². The summed E-state index contributed by atoms with van der Waals surface area (Å²) in [5.41, 5.74) is 8.79. The summed E-state index contributed by atoms with van der Waals surface area (Å²) in [5.74, 6) is 1.07. The molecule has 1 aromatic heterocycles. The SMILES string of the molecule is CC(C)Cc1c(N)n[nH]c1-c1ccc(Br)cc1Cl. The molecule has 0 radical (unpaired) electrons. The minimum atomic E-state index is 0.512. The first-order valence-electron chi connectivity index (χ1n) is 5.77. The van der Waals surface area contributed by atoms with Crippen LogP contribution in [0.1, 0.15) is 19.4 Å². The summed E-state index contributed by atoms with van der Waals surface area (Å²) < 4.78 is 0.953. The number of rotatable bonds is 3. The second kappa shape index (κ2) is 5.33. The molecule has 0 unspecified atom stereocenters. The molecule has 18 heavy (non-hydrogen) atoms. The van der Waals surface area contributed by atoms with Crippen LogP contribution in [-0.4, -0.2) is 10.2 Å². The van der Waals surface area contributed by atoms with Crippen LogP contribution in [0, 0.1) is 5.92 Å². The molecule has 0 bridgehead atoms. The van der Waals surface area contributed by atoms with Crippen LogP contribution in [0.25, 0.3) is 11.3 Å². The zero-order valence-corrected chi connectivity index (χ0v) is 12.6. The average Bonchev–Trinajstić information content (AvgIpc) is 2.60.